The van der Waals surface area contributed by atoms with Crippen LogP contribution in [0.4, 0.5) is 5.69 Å². The average Bonchev–Trinajstić information content (AvgIpc) is 2.66. The highest BCUT2D eigenvalue weighted by Crippen LogP contribution is 2.28. The van der Waals surface area contributed by atoms with E-state index in [0.29, 0.717) is 50.9 Å². The third kappa shape index (κ3) is 6.01. The minimum absolute atomic E-state index is 0. The number of rotatable bonds is 6. The molecule has 152 valence electrons. The van der Waals surface area contributed by atoms with Crippen molar-refractivity contribution in [1.29, 1.82) is 0 Å². The topological polar surface area (TPSA) is 55.6 Å². The van der Waals surface area contributed by atoms with Crippen LogP contribution < -0.4 is 15.4 Å². The van der Waals surface area contributed by atoms with Crippen LogP contribution in [0.5, 0.6) is 11.5 Å². The molecule has 3 aromatic rings. The molecule has 0 saturated heterocycles. The first kappa shape index (κ1) is 23.3. The summed E-state index contributed by atoms with van der Waals surface area (Å²) in [5.41, 5.74) is 6.75. The number of ether oxygens (including phenoxy) is 1. The van der Waals surface area contributed by atoms with Crippen molar-refractivity contribution >= 4 is 58.8 Å². The zero-order valence-electron chi connectivity index (χ0n) is 15.1. The van der Waals surface area contributed by atoms with Crippen molar-refractivity contribution in [3.63, 3.8) is 0 Å². The number of nitrogens with two attached hydrogens (primary N) is 1. The van der Waals surface area contributed by atoms with Gasteiger partial charge in [0.25, 0.3) is 5.91 Å². The fourth-order valence-corrected chi connectivity index (χ4v) is 3.32. The molecule has 0 aromatic heterocycles. The number of benzene rings is 3. The lowest BCUT2D eigenvalue weighted by molar-refractivity contribution is 0.0987. The van der Waals surface area contributed by atoms with E-state index >= 15 is 0 Å². The molecule has 8 heteroatoms. The summed E-state index contributed by atoms with van der Waals surface area (Å²) in [4.78, 5) is 14.5. The Morgan fingerprint density at radius 1 is 0.897 bits per heavy atom. The molecule has 0 aliphatic heterocycles. The van der Waals surface area contributed by atoms with E-state index in [-0.39, 0.29) is 18.3 Å². The Kier molecular flexibility index (Phi) is 8.62. The smallest absolute Gasteiger partial charge is 0.259 e. The minimum atomic E-state index is -0.254. The largest absolute Gasteiger partial charge is 0.457 e. The van der Waals surface area contributed by atoms with Gasteiger partial charge in [-0.25, -0.2) is 0 Å². The first-order valence-corrected chi connectivity index (χ1v) is 9.62. The summed E-state index contributed by atoms with van der Waals surface area (Å²) in [6.45, 7) is 0.643. The number of nitrogens with zero attached hydrogens (tertiary/aromatic N) is 1. The molecule has 2 N–H and O–H groups in total. The monoisotopic (exact) mass is 470 g/mol. The van der Waals surface area contributed by atoms with Crippen molar-refractivity contribution in [2.24, 2.45) is 5.73 Å². The molecule has 4 nitrogen and oxygen atoms in total. The van der Waals surface area contributed by atoms with Crippen LogP contribution in [-0.2, 0) is 0 Å². The van der Waals surface area contributed by atoms with Gasteiger partial charge in [-0.2, -0.15) is 0 Å². The van der Waals surface area contributed by atoms with Gasteiger partial charge in [0.05, 0.1) is 10.6 Å². The fraction of sp³-hybridized carbons (Fsp3) is 0.0952. The van der Waals surface area contributed by atoms with Gasteiger partial charge < -0.3 is 15.4 Å². The number of carbonyl (C=O) groups is 1. The maximum atomic E-state index is 13.0. The maximum absolute atomic E-state index is 13.0. The molecule has 0 fully saturated rings. The fourth-order valence-electron chi connectivity index (χ4n) is 2.65. The Morgan fingerprint density at radius 3 is 2.21 bits per heavy atom. The summed E-state index contributed by atoms with van der Waals surface area (Å²) >= 11 is 18.1. The number of carbonyl (C=O) groups excluding carboxylic acids is 1. The number of hydrogen-bond donors (Lipinski definition) is 1. The van der Waals surface area contributed by atoms with Gasteiger partial charge in [0, 0.05) is 28.8 Å². The van der Waals surface area contributed by atoms with E-state index in [2.05, 4.69) is 0 Å². The summed E-state index contributed by atoms with van der Waals surface area (Å²) < 4.78 is 5.78. The Morgan fingerprint density at radius 2 is 1.59 bits per heavy atom. The molecule has 0 unspecified atom stereocenters. The summed E-state index contributed by atoms with van der Waals surface area (Å²) in [5.74, 6) is 0.995. The number of halogens is 4. The molecule has 0 bridgehead atoms. The lowest BCUT2D eigenvalue weighted by atomic mass is 10.1. The van der Waals surface area contributed by atoms with Crippen LogP contribution in [0.3, 0.4) is 0 Å². The zero-order valence-corrected chi connectivity index (χ0v) is 18.2. The molecule has 0 aliphatic rings. The predicted octanol–water partition coefficient (Wildman–Crippen LogP) is 6.47. The van der Waals surface area contributed by atoms with E-state index in [1.807, 2.05) is 12.1 Å². The van der Waals surface area contributed by atoms with Gasteiger partial charge in [0.1, 0.15) is 11.5 Å². The molecule has 3 rings (SSSR count). The summed E-state index contributed by atoms with van der Waals surface area (Å²) in [5, 5.41) is 1.35. The number of anilines is 1. The van der Waals surface area contributed by atoms with Crippen LogP contribution in [0.1, 0.15) is 10.4 Å². The third-order valence-corrected chi connectivity index (χ3v) is 4.72. The minimum Gasteiger partial charge on any atom is -0.457 e. The van der Waals surface area contributed by atoms with Gasteiger partial charge in [-0.05, 0) is 60.7 Å². The maximum Gasteiger partial charge on any atom is 0.259 e. The van der Waals surface area contributed by atoms with Crippen molar-refractivity contribution in [1.82, 2.24) is 0 Å². The second-order valence-corrected chi connectivity index (χ2v) is 7.20. The lowest BCUT2D eigenvalue weighted by Gasteiger charge is -2.23. The van der Waals surface area contributed by atoms with E-state index in [1.54, 1.807) is 59.5 Å². The van der Waals surface area contributed by atoms with Crippen LogP contribution >= 0.6 is 47.2 Å². The number of amides is 1. The first-order chi connectivity index (χ1) is 13.5. The molecular weight excluding hydrogens is 454 g/mol. The molecule has 0 heterocycles. The Hall–Kier alpha value is -1.95. The Balaban J connectivity index is 0.00000300. The van der Waals surface area contributed by atoms with E-state index in [4.69, 9.17) is 45.3 Å². The summed E-state index contributed by atoms with van der Waals surface area (Å²) in [7, 11) is 0. The molecular formula is C21H18Cl4N2O2. The van der Waals surface area contributed by atoms with Crippen molar-refractivity contribution in [2.75, 3.05) is 18.0 Å². The second-order valence-electron chi connectivity index (χ2n) is 5.92. The van der Waals surface area contributed by atoms with Gasteiger partial charge in [-0.15, -0.1) is 12.4 Å². The lowest BCUT2D eigenvalue weighted by Crippen LogP contribution is -2.35. The van der Waals surface area contributed by atoms with Crippen LogP contribution in [0.25, 0.3) is 0 Å². The molecule has 3 aromatic carbocycles. The van der Waals surface area contributed by atoms with E-state index < -0.39 is 0 Å². The Bertz CT molecular complexity index is 981. The molecule has 0 radical (unpaired) electrons. The normalized spacial score (nSPS) is 10.2. The zero-order chi connectivity index (χ0) is 20.1. The first-order valence-electron chi connectivity index (χ1n) is 8.48. The van der Waals surface area contributed by atoms with Gasteiger partial charge in [-0.3, -0.25) is 4.79 Å². The third-order valence-electron chi connectivity index (χ3n) is 3.94. The SMILES string of the molecule is Cl.NCCN(C(=O)c1ccc(Cl)cc1Cl)c1ccc(Oc2cccc(Cl)c2)cc1. The van der Waals surface area contributed by atoms with Crippen molar-refractivity contribution in [3.05, 3.63) is 87.4 Å². The molecule has 29 heavy (non-hydrogen) atoms. The van der Waals surface area contributed by atoms with Crippen molar-refractivity contribution < 1.29 is 9.53 Å². The summed E-state index contributed by atoms with van der Waals surface area (Å²) in [6, 6.07) is 19.0. The van der Waals surface area contributed by atoms with E-state index in [1.165, 1.54) is 0 Å². The second kappa shape index (κ2) is 10.7. The molecule has 1 amide bonds. The highest BCUT2D eigenvalue weighted by molar-refractivity contribution is 6.37. The van der Waals surface area contributed by atoms with Crippen LogP contribution in [-0.4, -0.2) is 19.0 Å². The molecule has 0 aliphatic carbocycles. The van der Waals surface area contributed by atoms with Crippen LogP contribution in [0, 0.1) is 0 Å². The van der Waals surface area contributed by atoms with Crippen LogP contribution in [0.15, 0.2) is 66.7 Å². The van der Waals surface area contributed by atoms with Crippen LogP contribution in [0.2, 0.25) is 15.1 Å². The molecule has 0 atom stereocenters. The molecule has 0 saturated carbocycles. The number of hydrogen-bond acceptors (Lipinski definition) is 3. The van der Waals surface area contributed by atoms with Gasteiger partial charge in [0.15, 0.2) is 0 Å². The molecule has 0 spiro atoms. The standard InChI is InChI=1S/C21H17Cl3N2O2.ClH/c22-14-2-1-3-18(12-14)28-17-7-5-16(6-8-17)26(11-10-25)21(27)19-9-4-15(23)13-20(19)24;/h1-9,12-13H,10-11,25H2;1H. The van der Waals surface area contributed by atoms with E-state index in [0.717, 1.165) is 0 Å². The van der Waals surface area contributed by atoms with Gasteiger partial charge >= 0.3 is 0 Å². The van der Waals surface area contributed by atoms with Gasteiger partial charge in [0.2, 0.25) is 0 Å². The Labute approximate surface area is 190 Å². The quantitative estimate of drug-likeness (QED) is 0.448. The summed E-state index contributed by atoms with van der Waals surface area (Å²) in [6.07, 6.45) is 0. The highest BCUT2D eigenvalue weighted by Gasteiger charge is 2.20. The predicted molar refractivity (Wildman–Crippen MR) is 122 cm³/mol. The van der Waals surface area contributed by atoms with Crippen molar-refractivity contribution in [3.8, 4) is 11.5 Å². The van der Waals surface area contributed by atoms with E-state index in [9.17, 15) is 4.79 Å². The average molecular weight is 472 g/mol. The van der Waals surface area contributed by atoms with Gasteiger partial charge in [-0.1, -0.05) is 40.9 Å². The van der Waals surface area contributed by atoms with Crippen molar-refractivity contribution in [2.45, 2.75) is 0 Å². The highest BCUT2D eigenvalue weighted by atomic mass is 35.5.